The van der Waals surface area contributed by atoms with E-state index in [1.165, 1.54) is 6.07 Å². The highest BCUT2D eigenvalue weighted by molar-refractivity contribution is 6.35. The zero-order chi connectivity index (χ0) is 13.7. The second-order valence-electron chi connectivity index (χ2n) is 3.75. The zero-order valence-corrected chi connectivity index (χ0v) is 11.1. The van der Waals surface area contributed by atoms with Gasteiger partial charge in [0.05, 0.1) is 11.6 Å². The molecule has 0 unspecified atom stereocenters. The summed E-state index contributed by atoms with van der Waals surface area (Å²) in [6.45, 7) is 4.01. The quantitative estimate of drug-likeness (QED) is 0.791. The molecule has 1 rings (SSSR count). The second kappa shape index (κ2) is 6.64. The fourth-order valence-electron chi connectivity index (χ4n) is 1.54. The molecule has 4 nitrogen and oxygen atoms in total. The van der Waals surface area contributed by atoms with Crippen molar-refractivity contribution in [1.82, 2.24) is 4.90 Å². The van der Waals surface area contributed by atoms with Crippen LogP contribution in [-0.2, 0) is 11.3 Å². The Bertz CT molecular complexity index is 463. The monoisotopic (exact) mass is 289 g/mol. The summed E-state index contributed by atoms with van der Waals surface area (Å²) in [4.78, 5) is 12.3. The maximum Gasteiger partial charge on any atom is 0.317 e. The third-order valence-corrected chi connectivity index (χ3v) is 2.75. The average Bonchev–Trinajstić information content (AvgIpc) is 2.24. The Labute approximate surface area is 115 Å². The Balaban J connectivity index is 2.92. The smallest absolute Gasteiger partial charge is 0.317 e. The summed E-state index contributed by atoms with van der Waals surface area (Å²) in [6.07, 6.45) is 1.59. The zero-order valence-electron chi connectivity index (χ0n) is 9.57. The van der Waals surface area contributed by atoms with E-state index in [9.17, 15) is 9.90 Å². The molecule has 0 aliphatic heterocycles. The molecule has 0 aromatic heterocycles. The molecule has 0 aliphatic carbocycles. The molecule has 1 aromatic carbocycles. The summed E-state index contributed by atoms with van der Waals surface area (Å²) in [5.41, 5.74) is 0.482. The number of nitrogens with zero attached hydrogens (tertiary/aromatic N) is 1. The van der Waals surface area contributed by atoms with Crippen molar-refractivity contribution in [2.24, 2.45) is 0 Å². The molecule has 0 heterocycles. The van der Waals surface area contributed by atoms with Crippen molar-refractivity contribution in [3.63, 3.8) is 0 Å². The van der Waals surface area contributed by atoms with Crippen molar-refractivity contribution in [2.75, 3.05) is 13.1 Å². The Morgan fingerprint density at radius 3 is 2.67 bits per heavy atom. The third-order valence-electron chi connectivity index (χ3n) is 2.25. The molecule has 2 N–H and O–H groups in total. The molecule has 0 fully saturated rings. The Hall–Kier alpha value is -1.23. The fraction of sp³-hybridized carbons (Fsp3) is 0.250. The highest BCUT2D eigenvalue weighted by Gasteiger charge is 2.14. The van der Waals surface area contributed by atoms with Gasteiger partial charge in [-0.15, -0.1) is 6.58 Å². The van der Waals surface area contributed by atoms with E-state index in [2.05, 4.69) is 6.58 Å². The maximum absolute atomic E-state index is 10.7. The molecule has 6 heteroatoms. The number of aliphatic carboxylic acids is 1. The molecular weight excluding hydrogens is 277 g/mol. The molecule has 0 bridgehead atoms. The van der Waals surface area contributed by atoms with Gasteiger partial charge in [0, 0.05) is 23.7 Å². The summed E-state index contributed by atoms with van der Waals surface area (Å²) in [6, 6.07) is 2.98. The van der Waals surface area contributed by atoms with Crippen LogP contribution < -0.4 is 0 Å². The van der Waals surface area contributed by atoms with E-state index in [0.717, 1.165) is 0 Å². The number of halogens is 2. The van der Waals surface area contributed by atoms with E-state index in [-0.39, 0.29) is 23.9 Å². The molecule has 98 valence electrons. The number of rotatable bonds is 6. The number of hydrogen-bond acceptors (Lipinski definition) is 3. The first-order valence-electron chi connectivity index (χ1n) is 5.16. The van der Waals surface area contributed by atoms with Gasteiger partial charge in [0.25, 0.3) is 0 Å². The molecule has 0 saturated carbocycles. The highest BCUT2D eigenvalue weighted by atomic mass is 35.5. The van der Waals surface area contributed by atoms with Crippen molar-refractivity contribution in [3.05, 3.63) is 40.4 Å². The molecule has 0 aliphatic rings. The molecule has 0 amide bonds. The van der Waals surface area contributed by atoms with Crippen LogP contribution in [0.15, 0.2) is 24.8 Å². The number of phenols is 1. The Morgan fingerprint density at radius 1 is 1.44 bits per heavy atom. The SMILES string of the molecule is C=CCN(CC(=O)O)Cc1cc(Cl)cc(Cl)c1O. The molecule has 18 heavy (non-hydrogen) atoms. The van der Waals surface area contributed by atoms with Gasteiger partial charge >= 0.3 is 5.97 Å². The molecule has 0 radical (unpaired) electrons. The lowest BCUT2D eigenvalue weighted by Crippen LogP contribution is -2.29. The van der Waals surface area contributed by atoms with Gasteiger partial charge in [0.15, 0.2) is 0 Å². The minimum absolute atomic E-state index is 0.0829. The summed E-state index contributed by atoms with van der Waals surface area (Å²) in [5, 5.41) is 19.1. The lowest BCUT2D eigenvalue weighted by atomic mass is 10.2. The maximum atomic E-state index is 10.7. The van der Waals surface area contributed by atoms with Gasteiger partial charge in [-0.2, -0.15) is 0 Å². The number of carboxylic acid groups (broad SMARTS) is 1. The topological polar surface area (TPSA) is 60.8 Å². The number of carbonyl (C=O) groups is 1. The van der Waals surface area contributed by atoms with Crippen LogP contribution in [0.25, 0.3) is 0 Å². The van der Waals surface area contributed by atoms with Crippen LogP contribution in [0.3, 0.4) is 0 Å². The van der Waals surface area contributed by atoms with Gasteiger partial charge in [0.1, 0.15) is 5.75 Å². The Morgan fingerprint density at radius 2 is 2.11 bits per heavy atom. The van der Waals surface area contributed by atoms with Gasteiger partial charge in [-0.25, -0.2) is 0 Å². The van der Waals surface area contributed by atoms with E-state index < -0.39 is 5.97 Å². The van der Waals surface area contributed by atoms with Crippen LogP contribution >= 0.6 is 23.2 Å². The average molecular weight is 290 g/mol. The van der Waals surface area contributed by atoms with E-state index in [4.69, 9.17) is 28.3 Å². The highest BCUT2D eigenvalue weighted by Crippen LogP contribution is 2.31. The first kappa shape index (κ1) is 14.8. The van der Waals surface area contributed by atoms with Crippen LogP contribution in [0.5, 0.6) is 5.75 Å². The van der Waals surface area contributed by atoms with Crippen molar-refractivity contribution in [3.8, 4) is 5.75 Å². The Kier molecular flexibility index (Phi) is 5.47. The van der Waals surface area contributed by atoms with Gasteiger partial charge in [-0.1, -0.05) is 29.3 Å². The number of benzene rings is 1. The molecule has 0 atom stereocenters. The molecular formula is C12H13Cl2NO3. The summed E-state index contributed by atoms with van der Waals surface area (Å²) >= 11 is 11.6. The molecule has 0 saturated heterocycles. The van der Waals surface area contributed by atoms with Crippen LogP contribution in [0.1, 0.15) is 5.56 Å². The normalized spacial score (nSPS) is 10.6. The van der Waals surface area contributed by atoms with Gasteiger partial charge in [0.2, 0.25) is 0 Å². The largest absolute Gasteiger partial charge is 0.506 e. The lowest BCUT2D eigenvalue weighted by Gasteiger charge is -2.19. The van der Waals surface area contributed by atoms with Crippen LogP contribution in [0.4, 0.5) is 0 Å². The van der Waals surface area contributed by atoms with Gasteiger partial charge in [-0.05, 0) is 12.1 Å². The number of hydrogen-bond donors (Lipinski definition) is 2. The summed E-state index contributed by atoms with van der Waals surface area (Å²) in [5.74, 6) is -1.04. The minimum atomic E-state index is -0.954. The van der Waals surface area contributed by atoms with Crippen LogP contribution in [0, 0.1) is 0 Å². The van der Waals surface area contributed by atoms with E-state index >= 15 is 0 Å². The summed E-state index contributed by atoms with van der Waals surface area (Å²) in [7, 11) is 0. The van der Waals surface area contributed by atoms with Crippen molar-refractivity contribution in [2.45, 2.75) is 6.54 Å². The predicted octanol–water partition coefficient (Wildman–Crippen LogP) is 2.77. The minimum Gasteiger partial charge on any atom is -0.506 e. The first-order chi connectivity index (χ1) is 8.43. The van der Waals surface area contributed by atoms with Crippen molar-refractivity contribution < 1.29 is 15.0 Å². The second-order valence-corrected chi connectivity index (χ2v) is 4.59. The van der Waals surface area contributed by atoms with Crippen molar-refractivity contribution in [1.29, 1.82) is 0 Å². The predicted molar refractivity (Wildman–Crippen MR) is 71.2 cm³/mol. The third kappa shape index (κ3) is 4.22. The van der Waals surface area contributed by atoms with E-state index in [1.807, 2.05) is 0 Å². The fourth-order valence-corrected chi connectivity index (χ4v) is 2.08. The number of aromatic hydroxyl groups is 1. The summed E-state index contributed by atoms with van der Waals surface area (Å²) < 4.78 is 0. The number of phenolic OH excluding ortho intramolecular Hbond substituents is 1. The van der Waals surface area contributed by atoms with Crippen LogP contribution in [-0.4, -0.2) is 34.2 Å². The first-order valence-corrected chi connectivity index (χ1v) is 5.91. The van der Waals surface area contributed by atoms with E-state index in [0.29, 0.717) is 17.1 Å². The molecule has 0 spiro atoms. The van der Waals surface area contributed by atoms with Gasteiger partial charge in [-0.3, -0.25) is 9.69 Å². The van der Waals surface area contributed by atoms with E-state index in [1.54, 1.807) is 17.0 Å². The van der Waals surface area contributed by atoms with Gasteiger partial charge < -0.3 is 10.2 Å². The number of carboxylic acids is 1. The standard InChI is InChI=1S/C12H13Cl2NO3/c1-2-3-15(7-11(16)17)6-8-4-9(13)5-10(14)12(8)18/h2,4-5,18H,1,3,6-7H2,(H,16,17). The van der Waals surface area contributed by atoms with Crippen molar-refractivity contribution >= 4 is 29.2 Å². The lowest BCUT2D eigenvalue weighted by molar-refractivity contribution is -0.138. The molecule has 1 aromatic rings. The van der Waals surface area contributed by atoms with Crippen LogP contribution in [0.2, 0.25) is 10.0 Å².